The highest BCUT2D eigenvalue weighted by Gasteiger charge is 2.44. The molecule has 0 aromatic heterocycles. The van der Waals surface area contributed by atoms with Gasteiger partial charge in [0.05, 0.1) is 22.5 Å². The normalized spacial score (nSPS) is 21.7. The number of halogens is 1. The minimum absolute atomic E-state index is 0.0700. The standard InChI is InChI=1S/C24H23FN2O3S2/c1-12-5-13(7-14(6-12)24(2,3)4)17(10-20-26-19(28)11-31-20)27-18-9-15-8-16(25)21(18)30-23(32-15)22(27)29/h5-10,17,23H,11H2,1-4H3,(H,26,28). The van der Waals surface area contributed by atoms with Crippen LogP contribution in [0.15, 0.2) is 46.3 Å². The molecule has 0 aliphatic carbocycles. The third-order valence-electron chi connectivity index (χ3n) is 5.68. The molecular weight excluding hydrogens is 447 g/mol. The Morgan fingerprint density at radius 2 is 2.00 bits per heavy atom. The van der Waals surface area contributed by atoms with Crippen LogP contribution in [0.1, 0.15) is 43.5 Å². The zero-order chi connectivity index (χ0) is 22.8. The first-order valence-electron chi connectivity index (χ1n) is 10.4. The van der Waals surface area contributed by atoms with E-state index >= 15 is 0 Å². The van der Waals surface area contributed by atoms with Gasteiger partial charge in [-0.2, -0.15) is 0 Å². The number of rotatable bonds is 3. The number of carbonyl (C=O) groups is 2. The topological polar surface area (TPSA) is 58.6 Å². The highest BCUT2D eigenvalue weighted by molar-refractivity contribution is 8.04. The Hall–Kier alpha value is -2.45. The number of thioether (sulfide) groups is 2. The number of hydrogen-bond donors (Lipinski definition) is 1. The van der Waals surface area contributed by atoms with Crippen molar-refractivity contribution in [1.29, 1.82) is 0 Å². The van der Waals surface area contributed by atoms with Crippen molar-refractivity contribution in [1.82, 2.24) is 5.32 Å². The maximum atomic E-state index is 14.7. The molecule has 5 heterocycles. The molecular formula is C24H23FN2O3S2. The van der Waals surface area contributed by atoms with Gasteiger partial charge in [-0.15, -0.1) is 0 Å². The van der Waals surface area contributed by atoms with Crippen molar-refractivity contribution in [3.63, 3.8) is 0 Å². The van der Waals surface area contributed by atoms with E-state index in [4.69, 9.17) is 4.74 Å². The summed E-state index contributed by atoms with van der Waals surface area (Å²) in [5, 5.41) is 3.56. The maximum absolute atomic E-state index is 14.7. The van der Waals surface area contributed by atoms with E-state index in [0.717, 1.165) is 16.7 Å². The number of anilines is 1. The lowest BCUT2D eigenvalue weighted by Crippen LogP contribution is -2.45. The van der Waals surface area contributed by atoms with Crippen molar-refractivity contribution in [2.75, 3.05) is 10.7 Å². The molecule has 5 aliphatic heterocycles. The summed E-state index contributed by atoms with van der Waals surface area (Å²) in [4.78, 5) is 27.6. The molecule has 166 valence electrons. The minimum atomic E-state index is -0.842. The molecule has 2 aromatic carbocycles. The van der Waals surface area contributed by atoms with Crippen LogP contribution in [-0.2, 0) is 15.0 Å². The largest absolute Gasteiger partial charge is 0.464 e. The van der Waals surface area contributed by atoms with E-state index in [2.05, 4.69) is 38.2 Å². The summed E-state index contributed by atoms with van der Waals surface area (Å²) in [6.45, 7) is 8.45. The number of nitrogens with one attached hydrogen (secondary N) is 1. The van der Waals surface area contributed by atoms with Crippen LogP contribution in [0.2, 0.25) is 0 Å². The second-order valence-electron chi connectivity index (χ2n) is 9.22. The highest BCUT2D eigenvalue weighted by Crippen LogP contribution is 2.50. The van der Waals surface area contributed by atoms with E-state index in [1.54, 1.807) is 11.0 Å². The fourth-order valence-electron chi connectivity index (χ4n) is 4.12. The van der Waals surface area contributed by atoms with E-state index in [-0.39, 0.29) is 23.0 Å². The molecule has 5 nitrogen and oxygen atoms in total. The number of benzene rings is 2. The van der Waals surface area contributed by atoms with Crippen LogP contribution in [0.25, 0.3) is 0 Å². The van der Waals surface area contributed by atoms with Crippen LogP contribution in [0.4, 0.5) is 10.1 Å². The summed E-state index contributed by atoms with van der Waals surface area (Å²) in [5.74, 6) is -0.347. The molecule has 32 heavy (non-hydrogen) atoms. The highest BCUT2D eigenvalue weighted by atomic mass is 32.2. The first-order chi connectivity index (χ1) is 15.1. The van der Waals surface area contributed by atoms with Crippen molar-refractivity contribution in [3.8, 4) is 5.75 Å². The van der Waals surface area contributed by atoms with E-state index in [1.165, 1.54) is 29.6 Å². The molecule has 2 aromatic rings. The average Bonchev–Trinajstić information content (AvgIpc) is 2.88. The monoisotopic (exact) mass is 470 g/mol. The molecule has 4 bridgehead atoms. The molecule has 1 fully saturated rings. The summed E-state index contributed by atoms with van der Waals surface area (Å²) >= 11 is 2.61. The van der Waals surface area contributed by atoms with Crippen LogP contribution in [0, 0.1) is 12.7 Å². The molecule has 8 heteroatoms. The van der Waals surface area contributed by atoms with E-state index in [0.29, 0.717) is 21.4 Å². The number of amides is 2. The van der Waals surface area contributed by atoms with E-state index in [9.17, 15) is 14.0 Å². The second kappa shape index (κ2) is 7.56. The number of fused-ring (bicyclic) bond motifs is 2. The summed E-state index contributed by atoms with van der Waals surface area (Å²) in [5.41, 5.74) is 2.60. The summed E-state index contributed by atoms with van der Waals surface area (Å²) in [6.07, 6.45) is 1.89. The fraction of sp³-hybridized carbons (Fsp3) is 0.333. The molecule has 1 N–H and O–H groups in total. The first kappa shape index (κ1) is 21.4. The van der Waals surface area contributed by atoms with E-state index < -0.39 is 17.3 Å². The molecule has 0 radical (unpaired) electrons. The Kier molecular flexibility index (Phi) is 5.05. The van der Waals surface area contributed by atoms with Gasteiger partial charge in [0.2, 0.25) is 11.3 Å². The van der Waals surface area contributed by atoms with Crippen molar-refractivity contribution in [2.45, 2.75) is 49.5 Å². The molecule has 2 amide bonds. The third kappa shape index (κ3) is 3.69. The average molecular weight is 471 g/mol. The molecule has 2 unspecified atom stereocenters. The minimum Gasteiger partial charge on any atom is -0.464 e. The molecule has 0 saturated carbocycles. The lowest BCUT2D eigenvalue weighted by atomic mass is 9.84. The van der Waals surface area contributed by atoms with Gasteiger partial charge < -0.3 is 10.1 Å². The third-order valence-corrected chi connectivity index (χ3v) is 7.66. The van der Waals surface area contributed by atoms with Gasteiger partial charge in [-0.1, -0.05) is 68.1 Å². The number of carbonyl (C=O) groups excluding carboxylic acids is 2. The first-order valence-corrected chi connectivity index (χ1v) is 12.2. The zero-order valence-corrected chi connectivity index (χ0v) is 19.8. The molecule has 5 aliphatic rings. The Balaban J connectivity index is 1.70. The number of ether oxygens (including phenoxy) is 1. The summed E-state index contributed by atoms with van der Waals surface area (Å²) in [6, 6.07) is 8.97. The molecule has 0 spiro atoms. The summed E-state index contributed by atoms with van der Waals surface area (Å²) < 4.78 is 20.4. The van der Waals surface area contributed by atoms with Crippen molar-refractivity contribution < 1.29 is 18.7 Å². The van der Waals surface area contributed by atoms with Gasteiger partial charge in [0.1, 0.15) is 0 Å². The van der Waals surface area contributed by atoms with Crippen molar-refractivity contribution in [2.24, 2.45) is 0 Å². The van der Waals surface area contributed by atoms with Gasteiger partial charge in [0.25, 0.3) is 5.91 Å². The maximum Gasteiger partial charge on any atom is 0.280 e. The fourth-order valence-corrected chi connectivity index (χ4v) is 5.84. The van der Waals surface area contributed by atoms with Crippen LogP contribution in [0.3, 0.4) is 0 Å². The van der Waals surface area contributed by atoms with Gasteiger partial charge in [-0.3, -0.25) is 14.5 Å². The number of aryl methyl sites for hydroxylation is 1. The predicted octanol–water partition coefficient (Wildman–Crippen LogP) is 5.03. The van der Waals surface area contributed by atoms with Crippen molar-refractivity contribution >= 4 is 41.0 Å². The van der Waals surface area contributed by atoms with Crippen LogP contribution < -0.4 is 15.0 Å². The van der Waals surface area contributed by atoms with Crippen molar-refractivity contribution in [3.05, 3.63) is 63.9 Å². The van der Waals surface area contributed by atoms with Gasteiger partial charge in [0.15, 0.2) is 11.6 Å². The smallest absolute Gasteiger partial charge is 0.280 e. The number of nitrogens with zero attached hydrogens (tertiary/aromatic N) is 1. The van der Waals surface area contributed by atoms with Gasteiger partial charge in [0, 0.05) is 4.90 Å². The quantitative estimate of drug-likeness (QED) is 0.682. The van der Waals surface area contributed by atoms with Crippen LogP contribution in [-0.4, -0.2) is 23.0 Å². The van der Waals surface area contributed by atoms with E-state index in [1.807, 2.05) is 19.1 Å². The summed E-state index contributed by atoms with van der Waals surface area (Å²) in [7, 11) is 0. The van der Waals surface area contributed by atoms with Gasteiger partial charge in [-0.05, 0) is 41.7 Å². The molecule has 7 rings (SSSR count). The predicted molar refractivity (Wildman–Crippen MR) is 125 cm³/mol. The molecule has 2 atom stereocenters. The lowest BCUT2D eigenvalue weighted by molar-refractivity contribution is -0.123. The van der Waals surface area contributed by atoms with Crippen LogP contribution >= 0.6 is 23.5 Å². The van der Waals surface area contributed by atoms with Crippen LogP contribution in [0.5, 0.6) is 5.75 Å². The Morgan fingerprint density at radius 3 is 2.69 bits per heavy atom. The van der Waals surface area contributed by atoms with Gasteiger partial charge in [-0.25, -0.2) is 4.39 Å². The zero-order valence-electron chi connectivity index (χ0n) is 18.2. The molecule has 1 saturated heterocycles. The SMILES string of the molecule is Cc1cc(C(C=C2NC(=O)CS2)N2C(=O)C3Oc4c(F)cc(cc42)S3)cc(C(C)(C)C)c1. The Morgan fingerprint density at radius 1 is 1.22 bits per heavy atom. The lowest BCUT2D eigenvalue weighted by Gasteiger charge is -2.36. The Labute approximate surface area is 194 Å². The second-order valence-corrected chi connectivity index (χ2v) is 11.4. The van der Waals surface area contributed by atoms with Gasteiger partial charge >= 0.3 is 0 Å². The number of hydrogen-bond acceptors (Lipinski definition) is 5. The Bertz CT molecular complexity index is 1190.